The van der Waals surface area contributed by atoms with Crippen molar-refractivity contribution in [3.63, 3.8) is 0 Å². The molecule has 0 radical (unpaired) electrons. The van der Waals surface area contributed by atoms with Crippen LogP contribution in [0.3, 0.4) is 0 Å². The van der Waals surface area contributed by atoms with Crippen LogP contribution in [0.25, 0.3) is 0 Å². The van der Waals surface area contributed by atoms with Crippen LogP contribution in [-0.2, 0) is 32.7 Å². The number of carbonyl (C=O) groups is 2. The Labute approximate surface area is 460 Å². The number of allylic oxidation sites excluding steroid dienone is 20. The fourth-order valence-corrected chi connectivity index (χ4v) is 8.76. The first-order valence-corrected chi connectivity index (χ1v) is 31.5. The predicted octanol–water partition coefficient (Wildman–Crippen LogP) is 19.2. The summed E-state index contributed by atoms with van der Waals surface area (Å²) in [6.45, 7) is 3.45. The van der Waals surface area contributed by atoms with Crippen molar-refractivity contribution in [2.75, 3.05) is 26.4 Å². The third-order valence-electron chi connectivity index (χ3n) is 12.3. The minimum atomic E-state index is -4.40. The average molecular weight is 1060 g/mol. The first kappa shape index (κ1) is 71.4. The number of carbonyl (C=O) groups excluding carboxylic acids is 2. The zero-order valence-electron chi connectivity index (χ0n) is 47.7. The van der Waals surface area contributed by atoms with E-state index in [0.717, 1.165) is 89.9 Å². The molecule has 0 bridgehead atoms. The number of hydrogen-bond acceptors (Lipinski definition) is 8. The number of hydrogen-bond donors (Lipinski definition) is 2. The van der Waals surface area contributed by atoms with Gasteiger partial charge in [0.25, 0.3) is 0 Å². The molecular weight excluding hydrogens is 954 g/mol. The lowest BCUT2D eigenvalue weighted by Gasteiger charge is -2.19. The Hall–Kier alpha value is -3.59. The SMILES string of the molecule is CC/C=C\C/C=C\C/C=C\C/C=C\C/C=C\CCCCCCCCCCCCCCCCCCCCCCCC(=O)OC(COC(=O)CCC/C=C\C/C=C\C/C=C\C/C=C\C/C=C\CC)COP(=O)(O)OCCN. The maximum absolute atomic E-state index is 12.7. The summed E-state index contributed by atoms with van der Waals surface area (Å²) in [7, 11) is -4.40. The Morgan fingerprint density at radius 3 is 1.07 bits per heavy atom. The van der Waals surface area contributed by atoms with Gasteiger partial charge >= 0.3 is 19.8 Å². The van der Waals surface area contributed by atoms with Gasteiger partial charge in [-0.2, -0.15) is 0 Å². The average Bonchev–Trinajstić information content (AvgIpc) is 3.40. The third-order valence-corrected chi connectivity index (χ3v) is 13.3. The zero-order chi connectivity index (χ0) is 54.5. The molecule has 3 N–H and O–H groups in total. The fourth-order valence-electron chi connectivity index (χ4n) is 7.99. The molecule has 0 saturated heterocycles. The summed E-state index contributed by atoms with van der Waals surface area (Å²) in [5, 5.41) is 0. The molecule has 428 valence electrons. The van der Waals surface area contributed by atoms with E-state index < -0.39 is 32.5 Å². The van der Waals surface area contributed by atoms with Crippen LogP contribution < -0.4 is 5.73 Å². The van der Waals surface area contributed by atoms with Gasteiger partial charge in [-0.3, -0.25) is 18.6 Å². The van der Waals surface area contributed by atoms with Crippen LogP contribution in [-0.4, -0.2) is 49.3 Å². The Morgan fingerprint density at radius 1 is 0.400 bits per heavy atom. The van der Waals surface area contributed by atoms with Crippen LogP contribution >= 0.6 is 7.82 Å². The van der Waals surface area contributed by atoms with Gasteiger partial charge in [-0.25, -0.2) is 4.57 Å². The standard InChI is InChI=1S/C65H110NO8P/c1-3-5-7-9-11-13-15-17-19-21-22-23-24-25-26-27-28-29-30-31-32-33-34-35-36-37-38-39-40-42-44-46-48-50-52-54-56-58-65(68)74-63(62-73-75(69,70)72-60-59-66)61-71-64(67)57-55-53-51-49-47-45-43-41-20-18-16-14-12-10-8-6-4-2/h5-8,11-14,17-20,22-23,25-26,43,45,49,51,63H,3-4,9-10,15-16,21,24,27-42,44,46-48,50,52-62,66H2,1-2H3,(H,69,70)/b7-5-,8-6-,13-11-,14-12-,19-17-,20-18-,23-22-,26-25-,45-43-,51-49-. The second kappa shape index (κ2) is 59.7. The number of nitrogens with two attached hydrogens (primary N) is 1. The van der Waals surface area contributed by atoms with E-state index in [4.69, 9.17) is 24.3 Å². The summed E-state index contributed by atoms with van der Waals surface area (Å²) < 4.78 is 32.9. The van der Waals surface area contributed by atoms with Crippen LogP contribution in [0.4, 0.5) is 0 Å². The molecule has 0 saturated carbocycles. The number of unbranched alkanes of at least 4 members (excludes halogenated alkanes) is 22. The lowest BCUT2D eigenvalue weighted by atomic mass is 10.0. The van der Waals surface area contributed by atoms with Gasteiger partial charge in [-0.15, -0.1) is 0 Å². The molecule has 0 aliphatic heterocycles. The van der Waals surface area contributed by atoms with Crippen LogP contribution in [0.1, 0.15) is 245 Å². The lowest BCUT2D eigenvalue weighted by molar-refractivity contribution is -0.161. The molecule has 2 unspecified atom stereocenters. The van der Waals surface area contributed by atoms with Crippen molar-refractivity contribution in [1.82, 2.24) is 0 Å². The summed E-state index contributed by atoms with van der Waals surface area (Å²) in [4.78, 5) is 35.1. The number of phosphoric ester groups is 1. The minimum absolute atomic E-state index is 0.0417. The second-order valence-electron chi connectivity index (χ2n) is 19.5. The molecule has 0 aliphatic carbocycles. The molecule has 0 aromatic rings. The van der Waals surface area contributed by atoms with Crippen molar-refractivity contribution in [2.24, 2.45) is 5.73 Å². The molecule has 0 amide bonds. The van der Waals surface area contributed by atoms with Gasteiger partial charge in [0, 0.05) is 19.4 Å². The summed E-state index contributed by atoms with van der Waals surface area (Å²) in [5.74, 6) is -0.896. The summed E-state index contributed by atoms with van der Waals surface area (Å²) in [5.41, 5.74) is 5.38. The largest absolute Gasteiger partial charge is 0.472 e. The molecule has 75 heavy (non-hydrogen) atoms. The molecule has 2 atom stereocenters. The highest BCUT2D eigenvalue weighted by molar-refractivity contribution is 7.47. The molecule has 10 heteroatoms. The number of phosphoric acid groups is 1. The van der Waals surface area contributed by atoms with Gasteiger partial charge in [0.2, 0.25) is 0 Å². The molecule has 0 aromatic carbocycles. The zero-order valence-corrected chi connectivity index (χ0v) is 48.6. The molecule has 0 spiro atoms. The highest BCUT2D eigenvalue weighted by Gasteiger charge is 2.26. The molecule has 0 aliphatic rings. The van der Waals surface area contributed by atoms with E-state index in [2.05, 4.69) is 129 Å². The van der Waals surface area contributed by atoms with Gasteiger partial charge in [-0.05, 0) is 96.3 Å². The monoisotopic (exact) mass is 1060 g/mol. The van der Waals surface area contributed by atoms with Crippen molar-refractivity contribution in [2.45, 2.75) is 251 Å². The first-order valence-electron chi connectivity index (χ1n) is 30.0. The van der Waals surface area contributed by atoms with Crippen molar-refractivity contribution < 1.29 is 37.6 Å². The van der Waals surface area contributed by atoms with Crippen molar-refractivity contribution in [3.05, 3.63) is 122 Å². The summed E-state index contributed by atoms with van der Waals surface area (Å²) in [6.07, 6.45) is 82.9. The predicted molar refractivity (Wildman–Crippen MR) is 321 cm³/mol. The van der Waals surface area contributed by atoms with Crippen LogP contribution in [0.2, 0.25) is 0 Å². The van der Waals surface area contributed by atoms with E-state index >= 15 is 0 Å². The van der Waals surface area contributed by atoms with Crippen LogP contribution in [0, 0.1) is 0 Å². The Balaban J connectivity index is 3.90. The minimum Gasteiger partial charge on any atom is -0.462 e. The maximum atomic E-state index is 12.7. The summed E-state index contributed by atoms with van der Waals surface area (Å²) >= 11 is 0. The van der Waals surface area contributed by atoms with Crippen molar-refractivity contribution in [1.29, 1.82) is 0 Å². The Morgan fingerprint density at radius 2 is 0.707 bits per heavy atom. The van der Waals surface area contributed by atoms with E-state index in [9.17, 15) is 19.0 Å². The molecule has 0 heterocycles. The molecular formula is C65H110NO8P. The first-order chi connectivity index (χ1) is 36.8. The van der Waals surface area contributed by atoms with Gasteiger partial charge in [0.15, 0.2) is 6.10 Å². The van der Waals surface area contributed by atoms with E-state index in [1.165, 1.54) is 116 Å². The number of ether oxygens (including phenoxy) is 2. The van der Waals surface area contributed by atoms with E-state index in [1.54, 1.807) is 0 Å². The van der Waals surface area contributed by atoms with Gasteiger partial charge in [0.1, 0.15) is 6.61 Å². The highest BCUT2D eigenvalue weighted by Crippen LogP contribution is 2.43. The normalized spacial score (nSPS) is 13.9. The Bertz CT molecular complexity index is 1640. The molecule has 0 rings (SSSR count). The lowest BCUT2D eigenvalue weighted by Crippen LogP contribution is -2.29. The van der Waals surface area contributed by atoms with E-state index in [-0.39, 0.29) is 32.6 Å². The topological polar surface area (TPSA) is 134 Å². The fraction of sp³-hybridized carbons (Fsp3) is 0.662. The summed E-state index contributed by atoms with van der Waals surface area (Å²) in [6, 6.07) is 0. The number of esters is 2. The second-order valence-corrected chi connectivity index (χ2v) is 20.9. The molecule has 0 fully saturated rings. The highest BCUT2D eigenvalue weighted by atomic mass is 31.2. The van der Waals surface area contributed by atoms with Crippen LogP contribution in [0.15, 0.2) is 122 Å². The van der Waals surface area contributed by atoms with Gasteiger partial charge in [0.05, 0.1) is 13.2 Å². The van der Waals surface area contributed by atoms with E-state index in [0.29, 0.717) is 12.8 Å². The Kier molecular flexibility index (Phi) is 56.8. The maximum Gasteiger partial charge on any atom is 0.472 e. The third kappa shape index (κ3) is 59.5. The van der Waals surface area contributed by atoms with Gasteiger partial charge in [-0.1, -0.05) is 257 Å². The number of rotatable bonds is 55. The van der Waals surface area contributed by atoms with Crippen LogP contribution in [0.5, 0.6) is 0 Å². The smallest absolute Gasteiger partial charge is 0.462 e. The molecule has 9 nitrogen and oxygen atoms in total. The van der Waals surface area contributed by atoms with Crippen molar-refractivity contribution >= 4 is 19.8 Å². The quantitative estimate of drug-likeness (QED) is 0.0264. The van der Waals surface area contributed by atoms with E-state index in [1.807, 2.05) is 6.08 Å². The molecule has 0 aromatic heterocycles. The van der Waals surface area contributed by atoms with Gasteiger partial charge < -0.3 is 20.1 Å². The van der Waals surface area contributed by atoms with Crippen molar-refractivity contribution in [3.8, 4) is 0 Å².